The van der Waals surface area contributed by atoms with Crippen molar-refractivity contribution in [1.82, 2.24) is 0 Å². The summed E-state index contributed by atoms with van der Waals surface area (Å²) in [5.74, 6) is -6.57. The SMILES string of the molecule is O=C(O)CC(=O)OC[C@H]1O[C@@H](OC2CC3C(O)CC(O[C@@H]4O[C@H](COC(=O)C=CC5CCC(O)CC5)[C@@H](O)[C@H](O)[C@H]4O)CC3OC2C2CCC(O)C(O[C@@H]3O[C@H](COC(=O)C=CC4CCC(O[C@@H]5O[C@H](COC(=O)C=CC6CCC(O)CC6)[C@@H](O)[C@H](O)[C@H]5O)CC4)[C@@H](O)[C@H](O)[C@H]3O)C2)[C@H](O)[C@@H](O)[C@@H]1O. The van der Waals surface area contributed by atoms with Crippen molar-refractivity contribution in [2.24, 2.45) is 29.6 Å². The fourth-order valence-corrected chi connectivity index (χ4v) is 15.7. The number of allylic oxidation sites excluding steroid dienone is 3. The Balaban J connectivity index is 0.743. The summed E-state index contributed by atoms with van der Waals surface area (Å²) in [6.45, 7) is -2.44. The first-order valence-corrected chi connectivity index (χ1v) is 36.3. The molecule has 0 amide bonds. The molecule has 0 bridgehead atoms. The smallest absolute Gasteiger partial charge is 0.330 e. The summed E-state index contributed by atoms with van der Waals surface area (Å²) in [4.78, 5) is 61.8. The maximum absolute atomic E-state index is 13.2. The molecule has 10 aliphatic rings. The van der Waals surface area contributed by atoms with Crippen LogP contribution < -0.4 is 0 Å². The molecule has 0 spiro atoms. The third kappa shape index (κ3) is 21.5. The number of carbonyl (C=O) groups excluding carboxylic acids is 4. The van der Waals surface area contributed by atoms with Crippen molar-refractivity contribution in [1.29, 1.82) is 0 Å². The molecular formula is C69H104O35. The van der Waals surface area contributed by atoms with Crippen LogP contribution in [0.5, 0.6) is 0 Å². The van der Waals surface area contributed by atoms with Crippen LogP contribution in [-0.2, 0) is 85.6 Å². The molecule has 0 radical (unpaired) electrons. The van der Waals surface area contributed by atoms with E-state index in [0.29, 0.717) is 64.2 Å². The first-order valence-electron chi connectivity index (χ1n) is 36.3. The molecule has 29 atom stereocenters. The average molecular weight is 1490 g/mol. The second-order valence-electron chi connectivity index (χ2n) is 29.4. The summed E-state index contributed by atoms with van der Waals surface area (Å²) in [6.07, 6.45) is -28.9. The van der Waals surface area contributed by atoms with Gasteiger partial charge in [-0.25, -0.2) is 14.4 Å². The van der Waals surface area contributed by atoms with Crippen molar-refractivity contribution in [3.8, 4) is 0 Å². The number of carbonyl (C=O) groups is 5. The molecule has 5 saturated carbocycles. The van der Waals surface area contributed by atoms with Crippen molar-refractivity contribution in [2.75, 3.05) is 26.4 Å². The fraction of sp³-hybridized carbons (Fsp3) is 0.841. The van der Waals surface area contributed by atoms with Crippen LogP contribution in [0.15, 0.2) is 36.5 Å². The van der Waals surface area contributed by atoms with E-state index in [4.69, 9.17) is 66.7 Å². The van der Waals surface area contributed by atoms with Crippen LogP contribution in [0.1, 0.15) is 122 Å². The number of fused-ring (bicyclic) bond motifs is 1. The van der Waals surface area contributed by atoms with Crippen molar-refractivity contribution in [3.05, 3.63) is 36.5 Å². The number of aliphatic hydroxyl groups is 16. The van der Waals surface area contributed by atoms with E-state index in [0.717, 1.165) is 12.8 Å². The molecule has 0 aromatic heterocycles. The van der Waals surface area contributed by atoms with Gasteiger partial charge >= 0.3 is 29.8 Å². The first kappa shape index (κ1) is 82.1. The maximum Gasteiger partial charge on any atom is 0.330 e. The number of hydrogen-bond donors (Lipinski definition) is 17. The second-order valence-corrected chi connectivity index (χ2v) is 29.4. The normalized spacial score (nSPS) is 45.4. The molecule has 5 aliphatic heterocycles. The zero-order chi connectivity index (χ0) is 74.8. The van der Waals surface area contributed by atoms with E-state index in [-0.39, 0.29) is 62.4 Å². The highest BCUT2D eigenvalue weighted by atomic mass is 16.7. The lowest BCUT2D eigenvalue weighted by Crippen LogP contribution is -2.63. The van der Waals surface area contributed by atoms with Gasteiger partial charge in [-0.2, -0.15) is 0 Å². The third-order valence-electron chi connectivity index (χ3n) is 22.0. The summed E-state index contributed by atoms with van der Waals surface area (Å²) in [5, 5.41) is 184. The van der Waals surface area contributed by atoms with Crippen LogP contribution in [0.3, 0.4) is 0 Å². The third-order valence-corrected chi connectivity index (χ3v) is 22.0. The van der Waals surface area contributed by atoms with E-state index >= 15 is 0 Å². The van der Waals surface area contributed by atoms with Gasteiger partial charge in [-0.3, -0.25) is 9.59 Å². The predicted octanol–water partition coefficient (Wildman–Crippen LogP) is -4.54. The Labute approximate surface area is 598 Å². The van der Waals surface area contributed by atoms with Crippen LogP contribution in [0.25, 0.3) is 0 Å². The molecule has 0 aromatic rings. The number of hydrogen-bond acceptors (Lipinski definition) is 34. The quantitative estimate of drug-likeness (QED) is 0.0177. The molecule has 5 heterocycles. The summed E-state index contributed by atoms with van der Waals surface area (Å²) in [5.41, 5.74) is 0. The van der Waals surface area contributed by atoms with E-state index in [2.05, 4.69) is 0 Å². The highest BCUT2D eigenvalue weighted by Gasteiger charge is 2.56. The summed E-state index contributed by atoms with van der Waals surface area (Å²) in [6, 6.07) is 0. The minimum absolute atomic E-state index is 0.0116. The Kier molecular flexibility index (Phi) is 29.8. The topological polar surface area (TPSA) is 549 Å². The number of rotatable bonds is 25. The molecular weight excluding hydrogens is 1390 g/mol. The highest BCUT2D eigenvalue weighted by Crippen LogP contribution is 2.46. The fourth-order valence-electron chi connectivity index (χ4n) is 15.7. The minimum atomic E-state index is -1.98. The summed E-state index contributed by atoms with van der Waals surface area (Å²) in [7, 11) is 0. The molecule has 5 saturated heterocycles. The van der Waals surface area contributed by atoms with Gasteiger partial charge in [-0.05, 0) is 126 Å². The molecule has 104 heavy (non-hydrogen) atoms. The van der Waals surface area contributed by atoms with Gasteiger partial charge in [0, 0.05) is 37.0 Å². The van der Waals surface area contributed by atoms with Gasteiger partial charge in [-0.15, -0.1) is 0 Å². The standard InChI is InChI=1S/C69H104O35/c70-34-11-1-30(2-12-34)7-18-49(76)92-26-44-53(80)57(84)61(88)66(101-44)96-36-15-5-32(6-16-36)9-20-51(78)94-28-46-55(82)59(86)63(90)68(103-46)99-42-21-33(10-17-39(42)72)65-43(100-69-64(91)60(87)56(83)47(104-69)29-95-52(79)25-48(74)75)24-38-40(73)22-37(23-41(38)98-65)97-67-62(89)58(85)54(81)45(102-67)27-93-50(77)19-8-31-3-13-35(71)14-4-31/h7-9,18-20,30-47,53-73,80-91H,1-6,10-17,21-29H2,(H,74,75)/t30?,31?,32?,33?,34?,35?,36?,37?,38?,39?,40?,41?,42?,43?,44-,45-,46-,47-,53-,54-,55-,56-,57+,58+,59+,60+,61-,62-,63-,64-,65?,66-,67-,68-,69-/m1/s1. The Morgan fingerprint density at radius 3 is 1.13 bits per heavy atom. The molecule has 10 rings (SSSR count). The van der Waals surface area contributed by atoms with Crippen LogP contribution >= 0.6 is 0 Å². The van der Waals surface area contributed by atoms with Gasteiger partial charge in [0.15, 0.2) is 25.2 Å². The first-order chi connectivity index (χ1) is 49.6. The number of carboxylic acid groups (broad SMARTS) is 1. The zero-order valence-electron chi connectivity index (χ0n) is 57.4. The minimum Gasteiger partial charge on any atom is -0.481 e. The van der Waals surface area contributed by atoms with Gasteiger partial charge in [-0.1, -0.05) is 18.2 Å². The van der Waals surface area contributed by atoms with E-state index in [1.165, 1.54) is 18.2 Å². The number of esters is 4. The van der Waals surface area contributed by atoms with Crippen LogP contribution in [0.2, 0.25) is 0 Å². The van der Waals surface area contributed by atoms with Crippen LogP contribution in [-0.4, -0.2) is 327 Å². The van der Waals surface area contributed by atoms with E-state index in [1.807, 2.05) is 0 Å². The number of carboxylic acids is 1. The Hall–Kier alpha value is -4.43. The number of aliphatic carboxylic acids is 1. The summed E-state index contributed by atoms with van der Waals surface area (Å²) < 4.78 is 76.3. The van der Waals surface area contributed by atoms with Crippen LogP contribution in [0.4, 0.5) is 0 Å². The lowest BCUT2D eigenvalue weighted by molar-refractivity contribution is -0.341. The van der Waals surface area contributed by atoms with Gasteiger partial charge in [0.1, 0.15) is 131 Å². The molecule has 17 N–H and O–H groups in total. The number of aliphatic hydroxyl groups excluding tert-OH is 16. The van der Waals surface area contributed by atoms with Crippen molar-refractivity contribution >= 4 is 29.8 Å². The molecule has 5 aliphatic carbocycles. The predicted molar refractivity (Wildman–Crippen MR) is 343 cm³/mol. The van der Waals surface area contributed by atoms with Gasteiger partial charge in [0.05, 0.1) is 61.0 Å². The Morgan fingerprint density at radius 2 is 0.721 bits per heavy atom. The number of ether oxygens (including phenoxy) is 13. The van der Waals surface area contributed by atoms with Crippen molar-refractivity contribution in [2.45, 2.75) is 306 Å². The van der Waals surface area contributed by atoms with E-state index < -0.39 is 252 Å². The molecule has 590 valence electrons. The zero-order valence-corrected chi connectivity index (χ0v) is 57.4. The monoisotopic (exact) mass is 1490 g/mol. The Morgan fingerprint density at radius 1 is 0.346 bits per heavy atom. The molecule has 10 fully saturated rings. The van der Waals surface area contributed by atoms with Gasteiger partial charge in [0.2, 0.25) is 0 Å². The van der Waals surface area contributed by atoms with Crippen LogP contribution in [0, 0.1) is 29.6 Å². The van der Waals surface area contributed by atoms with Crippen molar-refractivity contribution < 1.29 is 172 Å². The van der Waals surface area contributed by atoms with Gasteiger partial charge in [0.25, 0.3) is 0 Å². The maximum atomic E-state index is 13.2. The summed E-state index contributed by atoms with van der Waals surface area (Å²) >= 11 is 0. The van der Waals surface area contributed by atoms with Gasteiger partial charge < -0.3 is 148 Å². The largest absolute Gasteiger partial charge is 0.481 e. The molecule has 35 nitrogen and oxygen atoms in total. The van der Waals surface area contributed by atoms with Crippen molar-refractivity contribution in [3.63, 3.8) is 0 Å². The molecule has 0 aromatic carbocycles. The lowest BCUT2D eigenvalue weighted by Gasteiger charge is -2.52. The molecule has 9 unspecified atom stereocenters. The highest BCUT2D eigenvalue weighted by molar-refractivity contribution is 5.90. The molecule has 35 heteroatoms. The Bertz CT molecular complexity index is 2840. The van der Waals surface area contributed by atoms with E-state index in [1.54, 1.807) is 18.2 Å². The average Bonchev–Trinajstić information content (AvgIpc) is 0.764. The van der Waals surface area contributed by atoms with E-state index in [9.17, 15) is 106 Å². The lowest BCUT2D eigenvalue weighted by atomic mass is 9.72. The second kappa shape index (κ2) is 37.8.